The van der Waals surface area contributed by atoms with Crippen LogP contribution in [0.3, 0.4) is 0 Å². The maximum Gasteiger partial charge on any atom is 0.0564 e. The zero-order valence-electron chi connectivity index (χ0n) is 9.77. The highest BCUT2D eigenvalue weighted by Crippen LogP contribution is 2.19. The fraction of sp³-hybridized carbons (Fsp3) is 0.462. The second-order valence-electron chi connectivity index (χ2n) is 4.14. The number of anilines is 1. The topological polar surface area (TPSA) is 19.4 Å². The monoisotopic (exact) mass is 293 g/mol. The maximum atomic E-state index is 5.28. The van der Waals surface area contributed by atoms with E-state index in [0.29, 0.717) is 0 Å². The van der Waals surface area contributed by atoms with Crippen LogP contribution in [0.1, 0.15) is 6.42 Å². The van der Waals surface area contributed by atoms with Crippen molar-refractivity contribution in [3.8, 4) is 12.3 Å². The first-order valence-corrected chi connectivity index (χ1v) is 6.60. The van der Waals surface area contributed by atoms with E-state index in [1.54, 1.807) is 0 Å². The zero-order chi connectivity index (χ0) is 12.1. The SMILES string of the molecule is C#CCCN1CCN(c2cncc(Br)c2)CC1. The molecule has 4 heteroatoms. The van der Waals surface area contributed by atoms with Crippen LogP contribution in [0.4, 0.5) is 5.69 Å². The molecular weight excluding hydrogens is 278 g/mol. The number of halogens is 1. The van der Waals surface area contributed by atoms with Gasteiger partial charge in [0.1, 0.15) is 0 Å². The van der Waals surface area contributed by atoms with Crippen LogP contribution in [0.2, 0.25) is 0 Å². The van der Waals surface area contributed by atoms with Gasteiger partial charge in [0.05, 0.1) is 11.9 Å². The predicted octanol–water partition coefficient (Wildman–Crippen LogP) is 1.99. The first-order chi connectivity index (χ1) is 8.29. The highest BCUT2D eigenvalue weighted by molar-refractivity contribution is 9.10. The van der Waals surface area contributed by atoms with Gasteiger partial charge in [0.25, 0.3) is 0 Å². The third-order valence-corrected chi connectivity index (χ3v) is 3.43. The third kappa shape index (κ3) is 3.45. The quantitative estimate of drug-likeness (QED) is 0.795. The van der Waals surface area contributed by atoms with Crippen molar-refractivity contribution in [1.29, 1.82) is 0 Å². The fourth-order valence-corrected chi connectivity index (χ4v) is 2.38. The molecule has 0 amide bonds. The first kappa shape index (κ1) is 12.4. The first-order valence-electron chi connectivity index (χ1n) is 5.81. The molecule has 1 aromatic rings. The molecule has 1 fully saturated rings. The molecule has 0 radical (unpaired) electrons. The number of hydrogen-bond acceptors (Lipinski definition) is 3. The van der Waals surface area contributed by atoms with Gasteiger partial charge in [-0.1, -0.05) is 0 Å². The van der Waals surface area contributed by atoms with E-state index in [9.17, 15) is 0 Å². The molecule has 0 aromatic carbocycles. The highest BCUT2D eigenvalue weighted by Gasteiger charge is 2.16. The number of piperazine rings is 1. The molecule has 17 heavy (non-hydrogen) atoms. The molecule has 0 atom stereocenters. The summed E-state index contributed by atoms with van der Waals surface area (Å²) in [4.78, 5) is 8.98. The third-order valence-electron chi connectivity index (χ3n) is 3.00. The summed E-state index contributed by atoms with van der Waals surface area (Å²) in [5.74, 6) is 2.69. The molecular formula is C13H16BrN3. The molecule has 3 nitrogen and oxygen atoms in total. The van der Waals surface area contributed by atoms with Gasteiger partial charge < -0.3 is 4.90 Å². The van der Waals surface area contributed by atoms with Crippen molar-refractivity contribution < 1.29 is 0 Å². The molecule has 0 bridgehead atoms. The van der Waals surface area contributed by atoms with E-state index < -0.39 is 0 Å². The van der Waals surface area contributed by atoms with Crippen LogP contribution in [0.5, 0.6) is 0 Å². The van der Waals surface area contributed by atoms with E-state index in [1.807, 2.05) is 12.4 Å². The molecule has 0 spiro atoms. The van der Waals surface area contributed by atoms with E-state index >= 15 is 0 Å². The second kappa shape index (κ2) is 6.04. The summed E-state index contributed by atoms with van der Waals surface area (Å²) >= 11 is 3.45. The number of rotatable bonds is 3. The Kier molecular flexibility index (Phi) is 4.41. The van der Waals surface area contributed by atoms with Gasteiger partial charge in [0.2, 0.25) is 0 Å². The lowest BCUT2D eigenvalue weighted by molar-refractivity contribution is 0.264. The lowest BCUT2D eigenvalue weighted by Crippen LogP contribution is -2.46. The van der Waals surface area contributed by atoms with Gasteiger partial charge in [0.15, 0.2) is 0 Å². The molecule has 2 heterocycles. The summed E-state index contributed by atoms with van der Waals surface area (Å²) in [6.07, 6.45) is 9.86. The normalized spacial score (nSPS) is 16.8. The smallest absolute Gasteiger partial charge is 0.0564 e. The van der Waals surface area contributed by atoms with E-state index in [4.69, 9.17) is 6.42 Å². The fourth-order valence-electron chi connectivity index (χ4n) is 2.03. The van der Waals surface area contributed by atoms with Crippen molar-refractivity contribution >= 4 is 21.6 Å². The Balaban J connectivity index is 1.89. The Morgan fingerprint density at radius 3 is 2.71 bits per heavy atom. The summed E-state index contributed by atoms with van der Waals surface area (Å²) in [5, 5.41) is 0. The van der Waals surface area contributed by atoms with Gasteiger partial charge in [-0.3, -0.25) is 9.88 Å². The lowest BCUT2D eigenvalue weighted by Gasteiger charge is -2.35. The van der Waals surface area contributed by atoms with Crippen molar-refractivity contribution in [2.75, 3.05) is 37.6 Å². The Morgan fingerprint density at radius 1 is 1.29 bits per heavy atom. The number of hydrogen-bond donors (Lipinski definition) is 0. The summed E-state index contributed by atoms with van der Waals surface area (Å²) in [6.45, 7) is 5.26. The molecule has 0 aliphatic carbocycles. The number of nitrogens with zero attached hydrogens (tertiary/aromatic N) is 3. The van der Waals surface area contributed by atoms with Crippen molar-refractivity contribution in [3.63, 3.8) is 0 Å². The molecule has 1 aromatic heterocycles. The predicted molar refractivity (Wildman–Crippen MR) is 74.0 cm³/mol. The van der Waals surface area contributed by atoms with Crippen LogP contribution in [-0.2, 0) is 0 Å². The van der Waals surface area contributed by atoms with Gasteiger partial charge in [0, 0.05) is 49.8 Å². The standard InChI is InChI=1S/C13H16BrN3/c1-2-3-4-16-5-7-17(8-6-16)13-9-12(14)10-15-11-13/h1,9-11H,3-8H2. The largest absolute Gasteiger partial charge is 0.368 e. The average molecular weight is 294 g/mol. The maximum absolute atomic E-state index is 5.28. The Morgan fingerprint density at radius 2 is 2.06 bits per heavy atom. The minimum absolute atomic E-state index is 0.846. The van der Waals surface area contributed by atoms with Gasteiger partial charge in [-0.15, -0.1) is 12.3 Å². The zero-order valence-corrected chi connectivity index (χ0v) is 11.4. The van der Waals surface area contributed by atoms with Gasteiger partial charge in [-0.05, 0) is 22.0 Å². The molecule has 1 aliphatic rings. The minimum atomic E-state index is 0.846. The Hall–Kier alpha value is -1.05. The molecule has 0 N–H and O–H groups in total. The summed E-state index contributed by atoms with van der Waals surface area (Å²) in [6, 6.07) is 2.12. The molecule has 0 saturated carbocycles. The molecule has 2 rings (SSSR count). The van der Waals surface area contributed by atoms with Crippen molar-refractivity contribution in [2.24, 2.45) is 0 Å². The second-order valence-corrected chi connectivity index (χ2v) is 5.06. The van der Waals surface area contributed by atoms with Crippen LogP contribution in [-0.4, -0.2) is 42.6 Å². The van der Waals surface area contributed by atoms with E-state index in [-0.39, 0.29) is 0 Å². The minimum Gasteiger partial charge on any atom is -0.368 e. The summed E-state index contributed by atoms with van der Waals surface area (Å²) in [5.41, 5.74) is 1.19. The highest BCUT2D eigenvalue weighted by atomic mass is 79.9. The van der Waals surface area contributed by atoms with E-state index in [1.165, 1.54) is 5.69 Å². The van der Waals surface area contributed by atoms with Crippen LogP contribution in [0.15, 0.2) is 22.9 Å². The molecule has 1 aliphatic heterocycles. The van der Waals surface area contributed by atoms with Crippen molar-refractivity contribution in [3.05, 3.63) is 22.9 Å². The number of terminal acetylenes is 1. The Labute approximate surface area is 111 Å². The summed E-state index contributed by atoms with van der Waals surface area (Å²) in [7, 11) is 0. The van der Waals surface area contributed by atoms with E-state index in [2.05, 4.69) is 42.7 Å². The molecule has 90 valence electrons. The van der Waals surface area contributed by atoms with Crippen LogP contribution >= 0.6 is 15.9 Å². The number of aromatic nitrogens is 1. The number of pyridine rings is 1. The van der Waals surface area contributed by atoms with Crippen molar-refractivity contribution in [2.45, 2.75) is 6.42 Å². The van der Waals surface area contributed by atoms with Crippen LogP contribution in [0, 0.1) is 12.3 Å². The van der Waals surface area contributed by atoms with Crippen molar-refractivity contribution in [1.82, 2.24) is 9.88 Å². The van der Waals surface area contributed by atoms with Gasteiger partial charge in [-0.2, -0.15) is 0 Å². The van der Waals surface area contributed by atoms with E-state index in [0.717, 1.165) is 43.6 Å². The van der Waals surface area contributed by atoms with Gasteiger partial charge >= 0.3 is 0 Å². The molecule has 1 saturated heterocycles. The lowest BCUT2D eigenvalue weighted by atomic mass is 10.2. The van der Waals surface area contributed by atoms with Gasteiger partial charge in [-0.25, -0.2) is 0 Å². The molecule has 0 unspecified atom stereocenters. The average Bonchev–Trinajstić information content (AvgIpc) is 2.37. The Bertz CT molecular complexity index is 405. The van der Waals surface area contributed by atoms with Crippen LogP contribution < -0.4 is 4.90 Å². The van der Waals surface area contributed by atoms with Crippen LogP contribution in [0.25, 0.3) is 0 Å². The summed E-state index contributed by atoms with van der Waals surface area (Å²) < 4.78 is 1.03.